The van der Waals surface area contributed by atoms with Crippen molar-refractivity contribution in [2.75, 3.05) is 11.9 Å². The van der Waals surface area contributed by atoms with E-state index in [0.717, 1.165) is 27.6 Å². The third kappa shape index (κ3) is 5.45. The maximum Gasteiger partial charge on any atom is 0.224 e. The summed E-state index contributed by atoms with van der Waals surface area (Å²) in [5, 5.41) is 4.26. The zero-order valence-electron chi connectivity index (χ0n) is 13.2. The van der Waals surface area contributed by atoms with Gasteiger partial charge in [-0.3, -0.25) is 4.79 Å². The Hall–Kier alpha value is -1.71. The molecule has 0 unspecified atom stereocenters. The van der Waals surface area contributed by atoms with Crippen molar-refractivity contribution in [2.45, 2.75) is 26.7 Å². The highest BCUT2D eigenvalue weighted by Crippen LogP contribution is 2.22. The van der Waals surface area contributed by atoms with Gasteiger partial charge in [0.2, 0.25) is 5.91 Å². The summed E-state index contributed by atoms with van der Waals surface area (Å²) in [6.45, 7) is 4.32. The monoisotopic (exact) mass is 351 g/mol. The molecule has 0 aliphatic rings. The Balaban J connectivity index is 1.75. The van der Waals surface area contributed by atoms with Gasteiger partial charge in [0.1, 0.15) is 5.75 Å². The van der Waals surface area contributed by atoms with Crippen LogP contribution in [0.15, 0.2) is 36.4 Å². The van der Waals surface area contributed by atoms with Crippen LogP contribution >= 0.6 is 23.2 Å². The van der Waals surface area contributed by atoms with E-state index in [2.05, 4.69) is 5.32 Å². The lowest BCUT2D eigenvalue weighted by Crippen LogP contribution is -2.13. The lowest BCUT2D eigenvalue weighted by atomic mass is 10.2. The molecule has 0 heterocycles. The number of aryl methyl sites for hydroxylation is 2. The lowest BCUT2D eigenvalue weighted by Gasteiger charge is -2.10. The van der Waals surface area contributed by atoms with E-state index < -0.39 is 0 Å². The Kier molecular flexibility index (Phi) is 6.31. The Morgan fingerprint density at radius 3 is 2.57 bits per heavy atom. The molecule has 5 heteroatoms. The van der Waals surface area contributed by atoms with Gasteiger partial charge in [-0.15, -0.1) is 0 Å². The van der Waals surface area contributed by atoms with Crippen molar-refractivity contribution in [3.05, 3.63) is 57.6 Å². The Bertz CT molecular complexity index is 701. The molecule has 1 N–H and O–H groups in total. The Morgan fingerprint density at radius 2 is 1.87 bits per heavy atom. The van der Waals surface area contributed by atoms with Crippen LogP contribution in [0, 0.1) is 13.8 Å². The molecule has 2 rings (SSSR count). The highest BCUT2D eigenvalue weighted by Gasteiger charge is 2.06. The maximum absolute atomic E-state index is 11.9. The van der Waals surface area contributed by atoms with E-state index in [1.165, 1.54) is 0 Å². The summed E-state index contributed by atoms with van der Waals surface area (Å²) in [6.07, 6.45) is 1.04. The van der Waals surface area contributed by atoms with E-state index in [1.54, 1.807) is 6.07 Å². The number of benzene rings is 2. The fraction of sp³-hybridized carbons (Fsp3) is 0.278. The smallest absolute Gasteiger partial charge is 0.224 e. The van der Waals surface area contributed by atoms with Crippen molar-refractivity contribution in [3.8, 4) is 5.75 Å². The highest BCUT2D eigenvalue weighted by atomic mass is 35.5. The standard InChI is InChI=1S/C18H19Cl2NO2/c1-12-11-15(6-7-16(12)20)23-9-3-4-18(22)21-17-8-5-14(19)10-13(17)2/h5-8,10-11H,3-4,9H2,1-2H3,(H,21,22). The van der Waals surface area contributed by atoms with E-state index in [-0.39, 0.29) is 5.91 Å². The van der Waals surface area contributed by atoms with Crippen LogP contribution in [-0.2, 0) is 4.79 Å². The third-order valence-corrected chi connectivity index (χ3v) is 4.07. The second kappa shape index (κ2) is 8.23. The number of carbonyl (C=O) groups excluding carboxylic acids is 1. The molecule has 0 aliphatic heterocycles. The molecule has 0 spiro atoms. The van der Waals surface area contributed by atoms with Crippen LogP contribution in [0.4, 0.5) is 5.69 Å². The number of hydrogen-bond donors (Lipinski definition) is 1. The van der Waals surface area contributed by atoms with Gasteiger partial charge >= 0.3 is 0 Å². The quantitative estimate of drug-likeness (QED) is 0.706. The number of carbonyl (C=O) groups is 1. The summed E-state index contributed by atoms with van der Waals surface area (Å²) in [5.74, 6) is 0.729. The van der Waals surface area contributed by atoms with Gasteiger partial charge in [-0.1, -0.05) is 23.2 Å². The molecule has 122 valence electrons. The van der Waals surface area contributed by atoms with E-state index in [0.29, 0.717) is 24.5 Å². The van der Waals surface area contributed by atoms with Gasteiger partial charge in [-0.25, -0.2) is 0 Å². The fourth-order valence-electron chi connectivity index (χ4n) is 2.11. The van der Waals surface area contributed by atoms with E-state index in [9.17, 15) is 4.79 Å². The average molecular weight is 352 g/mol. The first-order chi connectivity index (χ1) is 11.0. The maximum atomic E-state index is 11.9. The van der Waals surface area contributed by atoms with Gasteiger partial charge < -0.3 is 10.1 Å². The summed E-state index contributed by atoms with van der Waals surface area (Å²) < 4.78 is 5.63. The van der Waals surface area contributed by atoms with Gasteiger partial charge in [0.15, 0.2) is 0 Å². The van der Waals surface area contributed by atoms with Crippen molar-refractivity contribution in [1.29, 1.82) is 0 Å². The molecule has 0 fully saturated rings. The molecule has 0 atom stereocenters. The number of nitrogens with one attached hydrogen (secondary N) is 1. The molecule has 0 bridgehead atoms. The van der Waals surface area contributed by atoms with Crippen molar-refractivity contribution in [1.82, 2.24) is 0 Å². The fourth-order valence-corrected chi connectivity index (χ4v) is 2.45. The molecule has 2 aromatic carbocycles. The van der Waals surface area contributed by atoms with Crippen molar-refractivity contribution in [2.24, 2.45) is 0 Å². The van der Waals surface area contributed by atoms with Crippen LogP contribution in [0.1, 0.15) is 24.0 Å². The summed E-state index contributed by atoms with van der Waals surface area (Å²) >= 11 is 11.9. The predicted octanol–water partition coefficient (Wildman–Crippen LogP) is 5.41. The van der Waals surface area contributed by atoms with Crippen LogP contribution in [0.5, 0.6) is 5.75 Å². The summed E-state index contributed by atoms with van der Waals surface area (Å²) in [4.78, 5) is 11.9. The van der Waals surface area contributed by atoms with Crippen LogP contribution < -0.4 is 10.1 Å². The average Bonchev–Trinajstić information content (AvgIpc) is 2.50. The highest BCUT2D eigenvalue weighted by molar-refractivity contribution is 6.31. The Labute approximate surface area is 146 Å². The van der Waals surface area contributed by atoms with Crippen molar-refractivity contribution >= 4 is 34.8 Å². The SMILES string of the molecule is Cc1cc(OCCCC(=O)Nc2ccc(Cl)cc2C)ccc1Cl. The molecular weight excluding hydrogens is 333 g/mol. The molecule has 0 aromatic heterocycles. The minimum absolute atomic E-state index is 0.0358. The summed E-state index contributed by atoms with van der Waals surface area (Å²) in [6, 6.07) is 10.9. The van der Waals surface area contributed by atoms with Crippen LogP contribution in [0.2, 0.25) is 10.0 Å². The first-order valence-corrected chi connectivity index (χ1v) is 8.16. The minimum atomic E-state index is -0.0358. The summed E-state index contributed by atoms with van der Waals surface area (Å²) in [7, 11) is 0. The van der Waals surface area contributed by atoms with Crippen LogP contribution in [0.3, 0.4) is 0 Å². The van der Waals surface area contributed by atoms with E-state index >= 15 is 0 Å². The number of amides is 1. The molecule has 0 radical (unpaired) electrons. The molecule has 2 aromatic rings. The van der Waals surface area contributed by atoms with Gasteiger partial charge in [-0.05, 0) is 67.8 Å². The molecule has 1 amide bonds. The van der Waals surface area contributed by atoms with Gasteiger partial charge in [0.25, 0.3) is 0 Å². The zero-order valence-corrected chi connectivity index (χ0v) is 14.7. The largest absolute Gasteiger partial charge is 0.494 e. The normalized spacial score (nSPS) is 10.4. The Morgan fingerprint density at radius 1 is 1.09 bits per heavy atom. The number of anilines is 1. The predicted molar refractivity (Wildman–Crippen MR) is 95.7 cm³/mol. The number of rotatable bonds is 6. The van der Waals surface area contributed by atoms with Gasteiger partial charge in [0, 0.05) is 22.2 Å². The molecule has 0 saturated carbocycles. The number of hydrogen-bond acceptors (Lipinski definition) is 2. The van der Waals surface area contributed by atoms with Crippen LogP contribution in [0.25, 0.3) is 0 Å². The molecule has 3 nitrogen and oxygen atoms in total. The van der Waals surface area contributed by atoms with Crippen molar-refractivity contribution < 1.29 is 9.53 Å². The number of halogens is 2. The molecule has 0 aliphatic carbocycles. The molecular formula is C18H19Cl2NO2. The van der Waals surface area contributed by atoms with E-state index in [1.807, 2.05) is 44.2 Å². The lowest BCUT2D eigenvalue weighted by molar-refractivity contribution is -0.116. The third-order valence-electron chi connectivity index (χ3n) is 3.41. The summed E-state index contributed by atoms with van der Waals surface area (Å²) in [5.41, 5.74) is 2.70. The first-order valence-electron chi connectivity index (χ1n) is 7.40. The van der Waals surface area contributed by atoms with E-state index in [4.69, 9.17) is 27.9 Å². The van der Waals surface area contributed by atoms with Gasteiger partial charge in [-0.2, -0.15) is 0 Å². The second-order valence-electron chi connectivity index (χ2n) is 5.37. The molecule has 0 saturated heterocycles. The van der Waals surface area contributed by atoms with Crippen molar-refractivity contribution in [3.63, 3.8) is 0 Å². The van der Waals surface area contributed by atoms with Gasteiger partial charge in [0.05, 0.1) is 6.61 Å². The van der Waals surface area contributed by atoms with Crippen LogP contribution in [-0.4, -0.2) is 12.5 Å². The first kappa shape index (κ1) is 17.6. The second-order valence-corrected chi connectivity index (χ2v) is 6.21. The zero-order chi connectivity index (χ0) is 16.8. The molecule has 23 heavy (non-hydrogen) atoms. The topological polar surface area (TPSA) is 38.3 Å². The minimum Gasteiger partial charge on any atom is -0.494 e. The number of ether oxygens (including phenoxy) is 1.